The average molecular weight is 200 g/mol. The minimum atomic E-state index is -1.99. The van der Waals surface area contributed by atoms with Crippen molar-refractivity contribution in [3.63, 3.8) is 0 Å². The molecule has 0 spiro atoms. The minimum absolute atomic E-state index is 0.333. The van der Waals surface area contributed by atoms with Gasteiger partial charge in [-0.15, -0.1) is 0 Å². The van der Waals surface area contributed by atoms with Crippen molar-refractivity contribution in [2.45, 2.75) is 18.7 Å². The molecule has 0 aliphatic carbocycles. The van der Waals surface area contributed by atoms with Crippen LogP contribution >= 0.6 is 0 Å². The lowest BCUT2D eigenvalue weighted by atomic mass is 10.1. The first-order valence-corrected chi connectivity index (χ1v) is 4.93. The molecule has 1 rings (SSSR count). The van der Waals surface area contributed by atoms with Crippen LogP contribution < -0.4 is 4.74 Å². The maximum Gasteiger partial charge on any atom is 0.190 e. The molecular formula is C9H12O3S. The predicted octanol–water partition coefficient (Wildman–Crippen LogP) is 1.89. The molecule has 4 heteroatoms. The molecule has 1 aromatic rings. The zero-order chi connectivity index (χ0) is 10.0. The number of ether oxygens (including phenoxy) is 1. The van der Waals surface area contributed by atoms with Gasteiger partial charge >= 0.3 is 0 Å². The summed E-state index contributed by atoms with van der Waals surface area (Å²) >= 11 is -1.99. The second-order valence-electron chi connectivity index (χ2n) is 2.86. The molecule has 0 bridgehead atoms. The fourth-order valence-electron chi connectivity index (χ4n) is 1.31. The van der Waals surface area contributed by atoms with Gasteiger partial charge in [-0.25, -0.2) is 4.21 Å². The minimum Gasteiger partial charge on any atom is -0.495 e. The highest BCUT2D eigenvalue weighted by atomic mass is 32.2. The van der Waals surface area contributed by atoms with Crippen molar-refractivity contribution in [2.75, 3.05) is 7.11 Å². The third-order valence-corrected chi connectivity index (χ3v) is 2.46. The van der Waals surface area contributed by atoms with E-state index >= 15 is 0 Å². The SMILES string of the molecule is COc1c(C)cc(C)cc1S(=O)O. The first-order valence-electron chi connectivity index (χ1n) is 3.82. The Kier molecular flexibility index (Phi) is 3.06. The fraction of sp³-hybridized carbons (Fsp3) is 0.333. The van der Waals surface area contributed by atoms with Gasteiger partial charge in [-0.3, -0.25) is 0 Å². The van der Waals surface area contributed by atoms with Crippen molar-refractivity contribution in [3.05, 3.63) is 23.3 Å². The molecule has 13 heavy (non-hydrogen) atoms. The number of benzene rings is 1. The summed E-state index contributed by atoms with van der Waals surface area (Å²) in [5.74, 6) is 0.492. The summed E-state index contributed by atoms with van der Waals surface area (Å²) in [6, 6.07) is 3.57. The summed E-state index contributed by atoms with van der Waals surface area (Å²) in [6.07, 6.45) is 0. The van der Waals surface area contributed by atoms with E-state index in [4.69, 9.17) is 9.29 Å². The van der Waals surface area contributed by atoms with Gasteiger partial charge in [-0.1, -0.05) is 6.07 Å². The van der Waals surface area contributed by atoms with Gasteiger partial charge in [0.1, 0.15) is 10.6 Å². The maximum atomic E-state index is 10.9. The largest absolute Gasteiger partial charge is 0.495 e. The molecule has 0 aromatic heterocycles. The van der Waals surface area contributed by atoms with Crippen molar-refractivity contribution in [3.8, 4) is 5.75 Å². The summed E-state index contributed by atoms with van der Waals surface area (Å²) < 4.78 is 24.9. The highest BCUT2D eigenvalue weighted by molar-refractivity contribution is 7.79. The molecule has 1 N–H and O–H groups in total. The number of methoxy groups -OCH3 is 1. The average Bonchev–Trinajstić information content (AvgIpc) is 2.02. The lowest BCUT2D eigenvalue weighted by Gasteiger charge is -2.09. The molecule has 3 nitrogen and oxygen atoms in total. The van der Waals surface area contributed by atoms with Crippen LogP contribution in [0.15, 0.2) is 17.0 Å². The van der Waals surface area contributed by atoms with Crippen molar-refractivity contribution in [2.24, 2.45) is 0 Å². The van der Waals surface area contributed by atoms with E-state index < -0.39 is 11.1 Å². The molecule has 1 aromatic carbocycles. The highest BCUT2D eigenvalue weighted by Crippen LogP contribution is 2.26. The van der Waals surface area contributed by atoms with Crippen LogP contribution in [0.2, 0.25) is 0 Å². The Hall–Kier alpha value is -0.870. The van der Waals surface area contributed by atoms with Gasteiger partial charge in [0.05, 0.1) is 7.11 Å². The van der Waals surface area contributed by atoms with E-state index in [1.165, 1.54) is 7.11 Å². The van der Waals surface area contributed by atoms with Crippen molar-refractivity contribution in [1.29, 1.82) is 0 Å². The first kappa shape index (κ1) is 10.2. The third kappa shape index (κ3) is 2.08. The van der Waals surface area contributed by atoms with Gasteiger partial charge in [0.25, 0.3) is 0 Å². The van der Waals surface area contributed by atoms with Gasteiger partial charge in [-0.2, -0.15) is 0 Å². The Labute approximate surface area is 80.0 Å². The van der Waals surface area contributed by atoms with Crippen molar-refractivity contribution < 1.29 is 13.5 Å². The Bertz CT molecular complexity index is 347. The lowest BCUT2D eigenvalue weighted by Crippen LogP contribution is -1.97. The molecule has 0 aliphatic rings. The summed E-state index contributed by atoms with van der Waals surface area (Å²) in [6.45, 7) is 3.73. The third-order valence-electron chi connectivity index (χ3n) is 1.78. The molecule has 0 saturated carbocycles. The molecule has 0 saturated heterocycles. The summed E-state index contributed by atoms with van der Waals surface area (Å²) in [5.41, 5.74) is 1.83. The van der Waals surface area contributed by atoms with E-state index in [-0.39, 0.29) is 0 Å². The first-order chi connectivity index (χ1) is 6.06. The van der Waals surface area contributed by atoms with Crippen molar-refractivity contribution in [1.82, 2.24) is 0 Å². The van der Waals surface area contributed by atoms with Gasteiger partial charge in [0, 0.05) is 0 Å². The standard InChI is InChI=1S/C9H12O3S/c1-6-4-7(2)9(12-3)8(5-6)13(10)11/h4-5H,1-3H3,(H,10,11). The van der Waals surface area contributed by atoms with E-state index in [9.17, 15) is 4.21 Å². The molecule has 0 fully saturated rings. The zero-order valence-electron chi connectivity index (χ0n) is 7.83. The Balaban J connectivity index is 3.38. The van der Waals surface area contributed by atoms with Gasteiger partial charge < -0.3 is 9.29 Å². The fourth-order valence-corrected chi connectivity index (χ4v) is 2.00. The molecular weight excluding hydrogens is 188 g/mol. The molecule has 0 heterocycles. The summed E-state index contributed by atoms with van der Waals surface area (Å²) in [4.78, 5) is 0.333. The quantitative estimate of drug-likeness (QED) is 0.741. The van der Waals surface area contributed by atoms with Crippen LogP contribution in [-0.2, 0) is 11.1 Å². The van der Waals surface area contributed by atoms with Crippen LogP contribution in [0, 0.1) is 13.8 Å². The van der Waals surface area contributed by atoms with E-state index in [1.54, 1.807) is 6.07 Å². The normalized spacial score (nSPS) is 12.6. The van der Waals surface area contributed by atoms with E-state index in [2.05, 4.69) is 0 Å². The summed E-state index contributed by atoms with van der Waals surface area (Å²) in [7, 11) is 1.49. The molecule has 1 atom stereocenters. The smallest absolute Gasteiger partial charge is 0.190 e. The molecule has 1 unspecified atom stereocenters. The number of hydrogen-bond donors (Lipinski definition) is 1. The lowest BCUT2D eigenvalue weighted by molar-refractivity contribution is 0.398. The Morgan fingerprint density at radius 2 is 2.00 bits per heavy atom. The van der Waals surface area contributed by atoms with Gasteiger partial charge in [-0.05, 0) is 31.0 Å². The van der Waals surface area contributed by atoms with Crippen LogP contribution in [0.4, 0.5) is 0 Å². The number of hydrogen-bond acceptors (Lipinski definition) is 2. The van der Waals surface area contributed by atoms with Crippen LogP contribution in [-0.4, -0.2) is 15.9 Å². The maximum absolute atomic E-state index is 10.9. The second-order valence-corrected chi connectivity index (χ2v) is 3.80. The predicted molar refractivity (Wildman–Crippen MR) is 51.5 cm³/mol. The Morgan fingerprint density at radius 3 is 2.46 bits per heavy atom. The molecule has 0 aliphatic heterocycles. The van der Waals surface area contributed by atoms with Crippen LogP contribution in [0.1, 0.15) is 11.1 Å². The van der Waals surface area contributed by atoms with Crippen LogP contribution in [0.25, 0.3) is 0 Å². The number of aryl methyl sites for hydroxylation is 2. The number of rotatable bonds is 2. The van der Waals surface area contributed by atoms with Gasteiger partial charge in [0.15, 0.2) is 11.1 Å². The summed E-state index contributed by atoms with van der Waals surface area (Å²) in [5, 5.41) is 0. The molecule has 0 radical (unpaired) electrons. The Morgan fingerprint density at radius 1 is 1.38 bits per heavy atom. The van der Waals surface area contributed by atoms with E-state index in [0.29, 0.717) is 10.6 Å². The van der Waals surface area contributed by atoms with E-state index in [0.717, 1.165) is 11.1 Å². The highest BCUT2D eigenvalue weighted by Gasteiger charge is 2.11. The zero-order valence-corrected chi connectivity index (χ0v) is 8.64. The van der Waals surface area contributed by atoms with Crippen LogP contribution in [0.3, 0.4) is 0 Å². The van der Waals surface area contributed by atoms with Crippen LogP contribution in [0.5, 0.6) is 5.75 Å². The van der Waals surface area contributed by atoms with Crippen molar-refractivity contribution >= 4 is 11.1 Å². The van der Waals surface area contributed by atoms with Gasteiger partial charge in [0.2, 0.25) is 0 Å². The topological polar surface area (TPSA) is 46.5 Å². The second kappa shape index (κ2) is 3.89. The molecule has 0 amide bonds. The monoisotopic (exact) mass is 200 g/mol. The molecule has 72 valence electrons. The van der Waals surface area contributed by atoms with E-state index in [1.807, 2.05) is 19.9 Å².